The molecule has 1 heterocycles. The highest BCUT2D eigenvalue weighted by molar-refractivity contribution is 4.73. The normalized spacial score (nSPS) is 35.6. The van der Waals surface area contributed by atoms with E-state index in [0.29, 0.717) is 4.59 Å². The zero-order valence-electron chi connectivity index (χ0n) is 10.7. The topological polar surface area (TPSA) is 60.1 Å². The number of quaternary nitrogens is 1. The van der Waals surface area contributed by atoms with Gasteiger partial charge in [0, 0.05) is 13.3 Å². The second kappa shape index (κ2) is 3.97. The lowest BCUT2D eigenvalue weighted by Gasteiger charge is -2.51. The molecule has 0 aliphatic carbocycles. The van der Waals surface area contributed by atoms with Crippen LogP contribution in [0.25, 0.3) is 0 Å². The fourth-order valence-electron chi connectivity index (χ4n) is 1.83. The van der Waals surface area contributed by atoms with Gasteiger partial charge in [-0.3, -0.25) is 0 Å². The van der Waals surface area contributed by atoms with Crippen molar-refractivity contribution >= 4 is 0 Å². The average Bonchev–Trinajstić information content (AvgIpc) is 2.08. The van der Waals surface area contributed by atoms with Gasteiger partial charge < -0.3 is 0 Å². The van der Waals surface area contributed by atoms with Gasteiger partial charge >= 0.3 is 0 Å². The highest BCUT2D eigenvalue weighted by Crippen LogP contribution is 2.20. The number of hydrazine groups is 3. The van der Waals surface area contributed by atoms with Crippen LogP contribution in [-0.4, -0.2) is 30.0 Å². The van der Waals surface area contributed by atoms with Crippen LogP contribution >= 0.6 is 0 Å². The summed E-state index contributed by atoms with van der Waals surface area (Å²) in [5, 5.41) is 0. The molecule has 90 valence electrons. The van der Waals surface area contributed by atoms with Gasteiger partial charge in [-0.2, -0.15) is 16.5 Å². The molecule has 1 fully saturated rings. The molecule has 1 unspecified atom stereocenters. The minimum atomic E-state index is -0.199. The molecule has 1 rings (SSSR count). The van der Waals surface area contributed by atoms with E-state index in [2.05, 4.69) is 69.1 Å². The first-order valence-corrected chi connectivity index (χ1v) is 5.40. The predicted octanol–water partition coefficient (Wildman–Crippen LogP) is -0.453. The Kier molecular flexibility index (Phi) is 3.39. The van der Waals surface area contributed by atoms with E-state index in [0.717, 1.165) is 6.42 Å². The molecule has 15 heavy (non-hydrogen) atoms. The van der Waals surface area contributed by atoms with Gasteiger partial charge in [-0.05, 0) is 13.8 Å². The average molecular weight is 217 g/mol. The van der Waals surface area contributed by atoms with Gasteiger partial charge in [-0.25, -0.2) is 10.0 Å². The molecule has 1 saturated heterocycles. The monoisotopic (exact) mass is 217 g/mol. The third kappa shape index (κ3) is 2.66. The van der Waals surface area contributed by atoms with Crippen molar-refractivity contribution in [2.24, 2.45) is 0 Å². The summed E-state index contributed by atoms with van der Waals surface area (Å²) in [6, 6.07) is 0. The van der Waals surface area contributed by atoms with E-state index in [9.17, 15) is 0 Å². The Morgan fingerprint density at radius 3 is 2.07 bits per heavy atom. The molecule has 6 nitrogen and oxygen atoms in total. The lowest BCUT2D eigenvalue weighted by Crippen LogP contribution is -2.83. The van der Waals surface area contributed by atoms with Crippen LogP contribution in [-0.2, 0) is 0 Å². The van der Waals surface area contributed by atoms with Crippen molar-refractivity contribution < 1.29 is 4.59 Å². The molecular weight excluding hydrogens is 192 g/mol. The van der Waals surface area contributed by atoms with E-state index in [1.54, 1.807) is 0 Å². The molecule has 0 aromatic heterocycles. The zero-order valence-corrected chi connectivity index (χ0v) is 10.7. The van der Waals surface area contributed by atoms with Gasteiger partial charge in [0.15, 0.2) is 5.66 Å². The Hall–Kier alpha value is -0.240. The standard InChI is InChI=1S/C9H25N6/c1-7-9(4)11-14-13-10-8(2,3)12-15(9,5)6/h10-14H,7H2,1-6H3/q+1. The molecule has 1 aliphatic heterocycles. The van der Waals surface area contributed by atoms with Crippen LogP contribution < -0.4 is 27.3 Å². The second-order valence-corrected chi connectivity index (χ2v) is 5.32. The van der Waals surface area contributed by atoms with Gasteiger partial charge in [0.1, 0.15) is 5.66 Å². The summed E-state index contributed by atoms with van der Waals surface area (Å²) in [6.07, 6.45) is 0.998. The maximum atomic E-state index is 3.54. The highest BCUT2D eigenvalue weighted by atomic mass is 15.9. The first-order valence-electron chi connectivity index (χ1n) is 5.40. The lowest BCUT2D eigenvalue weighted by molar-refractivity contribution is -0.991. The van der Waals surface area contributed by atoms with Crippen molar-refractivity contribution in [3.05, 3.63) is 0 Å². The van der Waals surface area contributed by atoms with E-state index in [4.69, 9.17) is 0 Å². The van der Waals surface area contributed by atoms with E-state index >= 15 is 0 Å². The highest BCUT2D eigenvalue weighted by Gasteiger charge is 2.44. The molecule has 0 spiro atoms. The van der Waals surface area contributed by atoms with E-state index in [1.165, 1.54) is 0 Å². The van der Waals surface area contributed by atoms with Crippen molar-refractivity contribution in [1.82, 2.24) is 27.3 Å². The molecule has 0 bridgehead atoms. The minimum Gasteiger partial charge on any atom is -0.231 e. The van der Waals surface area contributed by atoms with Crippen LogP contribution in [0.4, 0.5) is 0 Å². The maximum absolute atomic E-state index is 3.54. The number of hydrogen-bond acceptors (Lipinski definition) is 5. The molecule has 6 heteroatoms. The smallest absolute Gasteiger partial charge is 0.180 e. The van der Waals surface area contributed by atoms with Gasteiger partial charge in [0.2, 0.25) is 0 Å². The third-order valence-corrected chi connectivity index (χ3v) is 3.25. The van der Waals surface area contributed by atoms with Crippen LogP contribution in [0, 0.1) is 0 Å². The number of rotatable bonds is 1. The Bertz CT molecular complexity index is 227. The van der Waals surface area contributed by atoms with E-state index in [-0.39, 0.29) is 11.3 Å². The van der Waals surface area contributed by atoms with Crippen molar-refractivity contribution in [3.63, 3.8) is 0 Å². The fraction of sp³-hybridized carbons (Fsp3) is 1.00. The van der Waals surface area contributed by atoms with Gasteiger partial charge in [-0.15, -0.1) is 5.43 Å². The number of nitrogens with one attached hydrogen (secondary N) is 5. The molecule has 0 aromatic rings. The van der Waals surface area contributed by atoms with E-state index < -0.39 is 0 Å². The van der Waals surface area contributed by atoms with Crippen molar-refractivity contribution in [2.45, 2.75) is 45.4 Å². The Morgan fingerprint density at radius 2 is 1.53 bits per heavy atom. The first kappa shape index (κ1) is 12.8. The predicted molar refractivity (Wildman–Crippen MR) is 60.6 cm³/mol. The SMILES string of the molecule is CCC1(C)NNNNC(C)(C)N[N+]1(C)C. The number of hydrogen-bond donors (Lipinski definition) is 5. The van der Waals surface area contributed by atoms with Gasteiger partial charge in [0.25, 0.3) is 0 Å². The van der Waals surface area contributed by atoms with Crippen molar-refractivity contribution in [3.8, 4) is 0 Å². The Labute approximate surface area is 92.3 Å². The van der Waals surface area contributed by atoms with Gasteiger partial charge in [-0.1, -0.05) is 6.92 Å². The Morgan fingerprint density at radius 1 is 1.00 bits per heavy atom. The summed E-state index contributed by atoms with van der Waals surface area (Å²) < 4.78 is 0.665. The van der Waals surface area contributed by atoms with Crippen LogP contribution in [0.1, 0.15) is 34.1 Å². The third-order valence-electron chi connectivity index (χ3n) is 3.25. The molecule has 1 atom stereocenters. The van der Waals surface area contributed by atoms with Crippen molar-refractivity contribution in [2.75, 3.05) is 14.1 Å². The summed E-state index contributed by atoms with van der Waals surface area (Å²) in [7, 11) is 4.29. The first-order chi connectivity index (χ1) is 6.72. The summed E-state index contributed by atoms with van der Waals surface area (Å²) in [5.41, 5.74) is 15.5. The van der Waals surface area contributed by atoms with Crippen LogP contribution in [0.3, 0.4) is 0 Å². The van der Waals surface area contributed by atoms with Crippen LogP contribution in [0.15, 0.2) is 0 Å². The number of nitrogens with zero attached hydrogens (tertiary/aromatic N) is 1. The van der Waals surface area contributed by atoms with Gasteiger partial charge in [0.05, 0.1) is 14.1 Å². The fourth-order valence-corrected chi connectivity index (χ4v) is 1.83. The summed E-state index contributed by atoms with van der Waals surface area (Å²) >= 11 is 0. The van der Waals surface area contributed by atoms with Crippen LogP contribution in [0.5, 0.6) is 0 Å². The van der Waals surface area contributed by atoms with Crippen LogP contribution in [0.2, 0.25) is 0 Å². The summed E-state index contributed by atoms with van der Waals surface area (Å²) in [5.74, 6) is 0. The molecule has 0 amide bonds. The molecule has 1 aliphatic rings. The Balaban J connectivity index is 2.91. The molecule has 5 N–H and O–H groups in total. The quantitative estimate of drug-likeness (QED) is 0.385. The second-order valence-electron chi connectivity index (χ2n) is 5.32. The molecule has 0 aromatic carbocycles. The minimum absolute atomic E-state index is 0.0909. The summed E-state index contributed by atoms with van der Waals surface area (Å²) in [6.45, 7) is 8.51. The van der Waals surface area contributed by atoms with E-state index in [1.807, 2.05) is 0 Å². The zero-order chi connectivity index (χ0) is 11.7. The summed E-state index contributed by atoms with van der Waals surface area (Å²) in [4.78, 5) is 0. The maximum Gasteiger partial charge on any atom is 0.180 e. The largest absolute Gasteiger partial charge is 0.231 e. The molecule has 0 radical (unpaired) electrons. The lowest BCUT2D eigenvalue weighted by atomic mass is 10.1. The molecule has 0 saturated carbocycles. The molecular formula is C9H25N6+. The van der Waals surface area contributed by atoms with Crippen molar-refractivity contribution in [1.29, 1.82) is 0 Å².